The molecule has 0 bridgehead atoms. The van der Waals surface area contributed by atoms with E-state index in [1.807, 2.05) is 0 Å². The molecule has 4 nitrogen and oxygen atoms in total. The second kappa shape index (κ2) is 7.33. The van der Waals surface area contributed by atoms with E-state index in [2.05, 4.69) is 5.32 Å². The van der Waals surface area contributed by atoms with Crippen LogP contribution in [0, 0.1) is 21.8 Å². The number of benzene rings is 1. The molecule has 1 fully saturated rings. The van der Waals surface area contributed by atoms with Crippen LogP contribution in [-0.4, -0.2) is 11.5 Å². The first-order valence-corrected chi connectivity index (χ1v) is 7.30. The van der Waals surface area contributed by atoms with E-state index < -0.39 is 10.7 Å². The van der Waals surface area contributed by atoms with Gasteiger partial charge in [0, 0.05) is 12.6 Å². The molecule has 0 amide bonds. The van der Waals surface area contributed by atoms with Crippen molar-refractivity contribution in [2.45, 2.75) is 45.1 Å². The normalized spacial score (nSPS) is 15.7. The van der Waals surface area contributed by atoms with Crippen LogP contribution in [0.25, 0.3) is 0 Å². The van der Waals surface area contributed by atoms with Crippen molar-refractivity contribution in [3.8, 4) is 0 Å². The summed E-state index contributed by atoms with van der Waals surface area (Å²) in [6, 6.07) is 3.72. The lowest BCUT2D eigenvalue weighted by molar-refractivity contribution is -0.385. The van der Waals surface area contributed by atoms with Crippen molar-refractivity contribution in [3.63, 3.8) is 0 Å². The summed E-state index contributed by atoms with van der Waals surface area (Å²) in [4.78, 5) is 10.1. The van der Waals surface area contributed by atoms with Gasteiger partial charge in [0.15, 0.2) is 0 Å². The average molecular weight is 280 g/mol. The second-order valence-corrected chi connectivity index (χ2v) is 5.54. The summed E-state index contributed by atoms with van der Waals surface area (Å²) in [6.07, 6.45) is 7.81. The van der Waals surface area contributed by atoms with Gasteiger partial charge in [-0.05, 0) is 36.9 Å². The number of non-ortho nitro benzene ring substituents is 1. The van der Waals surface area contributed by atoms with Crippen molar-refractivity contribution in [2.24, 2.45) is 5.92 Å². The van der Waals surface area contributed by atoms with Crippen molar-refractivity contribution >= 4 is 5.69 Å². The molecular formula is C15H21FN2O2. The Bertz CT molecular complexity index is 459. The van der Waals surface area contributed by atoms with Crippen LogP contribution in [0.15, 0.2) is 18.2 Å². The van der Waals surface area contributed by atoms with E-state index in [4.69, 9.17) is 0 Å². The van der Waals surface area contributed by atoms with Gasteiger partial charge in [-0.2, -0.15) is 0 Å². The fraction of sp³-hybridized carbons (Fsp3) is 0.600. The molecule has 2 rings (SSSR count). The Kier molecular flexibility index (Phi) is 5.47. The molecule has 0 aromatic heterocycles. The van der Waals surface area contributed by atoms with Gasteiger partial charge < -0.3 is 5.32 Å². The molecule has 1 aliphatic carbocycles. The first-order valence-electron chi connectivity index (χ1n) is 7.30. The zero-order chi connectivity index (χ0) is 14.4. The van der Waals surface area contributed by atoms with E-state index in [0.29, 0.717) is 12.1 Å². The van der Waals surface area contributed by atoms with Crippen molar-refractivity contribution in [2.75, 3.05) is 6.54 Å². The van der Waals surface area contributed by atoms with Gasteiger partial charge >= 0.3 is 0 Å². The highest BCUT2D eigenvalue weighted by molar-refractivity contribution is 5.35. The third-order valence-electron chi connectivity index (χ3n) is 3.92. The van der Waals surface area contributed by atoms with Gasteiger partial charge in [0.25, 0.3) is 5.69 Å². The van der Waals surface area contributed by atoms with Gasteiger partial charge in [-0.15, -0.1) is 0 Å². The maximum Gasteiger partial charge on any atom is 0.272 e. The van der Waals surface area contributed by atoms with Crippen LogP contribution in [0.4, 0.5) is 10.1 Å². The molecule has 0 unspecified atom stereocenters. The van der Waals surface area contributed by atoms with E-state index >= 15 is 0 Å². The van der Waals surface area contributed by atoms with Crippen LogP contribution in [0.2, 0.25) is 0 Å². The monoisotopic (exact) mass is 280 g/mol. The van der Waals surface area contributed by atoms with Crippen LogP contribution in [0.1, 0.15) is 44.1 Å². The van der Waals surface area contributed by atoms with E-state index in [0.717, 1.165) is 24.9 Å². The summed E-state index contributed by atoms with van der Waals surface area (Å²) >= 11 is 0. The number of nitrogens with zero attached hydrogens (tertiary/aromatic N) is 1. The molecule has 1 aliphatic rings. The van der Waals surface area contributed by atoms with Gasteiger partial charge in [0.05, 0.1) is 11.0 Å². The largest absolute Gasteiger partial charge is 0.313 e. The Morgan fingerprint density at radius 3 is 2.75 bits per heavy atom. The molecule has 1 aromatic rings. The Balaban J connectivity index is 1.71. The Morgan fingerprint density at radius 1 is 1.30 bits per heavy atom. The van der Waals surface area contributed by atoms with Crippen molar-refractivity contribution in [1.82, 2.24) is 5.32 Å². The predicted molar refractivity (Wildman–Crippen MR) is 76.0 cm³/mol. The zero-order valence-electron chi connectivity index (χ0n) is 11.6. The van der Waals surface area contributed by atoms with Gasteiger partial charge in [0.2, 0.25) is 0 Å². The number of hydrogen-bond acceptors (Lipinski definition) is 3. The summed E-state index contributed by atoms with van der Waals surface area (Å²) in [5.74, 6) is 0.328. The molecule has 0 radical (unpaired) electrons. The van der Waals surface area contributed by atoms with Crippen LogP contribution < -0.4 is 5.32 Å². The van der Waals surface area contributed by atoms with E-state index in [-0.39, 0.29) is 5.69 Å². The van der Waals surface area contributed by atoms with Crippen LogP contribution in [0.3, 0.4) is 0 Å². The van der Waals surface area contributed by atoms with E-state index in [1.165, 1.54) is 44.2 Å². The summed E-state index contributed by atoms with van der Waals surface area (Å²) < 4.78 is 13.2. The van der Waals surface area contributed by atoms with Gasteiger partial charge in [-0.1, -0.05) is 25.7 Å². The molecule has 5 heteroatoms. The summed E-state index contributed by atoms with van der Waals surface area (Å²) in [7, 11) is 0. The molecule has 1 N–H and O–H groups in total. The fourth-order valence-corrected chi connectivity index (χ4v) is 2.89. The molecule has 0 atom stereocenters. The lowest BCUT2D eigenvalue weighted by Crippen LogP contribution is -2.15. The predicted octanol–water partition coefficient (Wildman–Crippen LogP) is 3.79. The summed E-state index contributed by atoms with van der Waals surface area (Å²) in [5, 5.41) is 13.9. The van der Waals surface area contributed by atoms with Gasteiger partial charge in [0.1, 0.15) is 5.82 Å². The average Bonchev–Trinajstić information content (AvgIpc) is 2.91. The molecular weight excluding hydrogens is 259 g/mol. The minimum absolute atomic E-state index is 0.187. The lowest BCUT2D eigenvalue weighted by atomic mass is 10.0. The lowest BCUT2D eigenvalue weighted by Gasteiger charge is -2.09. The minimum atomic E-state index is -0.563. The quantitative estimate of drug-likeness (QED) is 0.469. The van der Waals surface area contributed by atoms with Gasteiger partial charge in [-0.3, -0.25) is 10.1 Å². The topological polar surface area (TPSA) is 55.2 Å². The van der Waals surface area contributed by atoms with E-state index in [1.54, 1.807) is 0 Å². The zero-order valence-corrected chi connectivity index (χ0v) is 11.6. The summed E-state index contributed by atoms with van der Waals surface area (Å²) in [5.41, 5.74) is 0.435. The second-order valence-electron chi connectivity index (χ2n) is 5.54. The molecule has 110 valence electrons. The molecule has 1 saturated carbocycles. The first kappa shape index (κ1) is 14.9. The number of halogens is 1. The highest BCUT2D eigenvalue weighted by Gasteiger charge is 2.14. The number of hydrogen-bond donors (Lipinski definition) is 1. The molecule has 0 saturated heterocycles. The summed E-state index contributed by atoms with van der Waals surface area (Å²) in [6.45, 7) is 1.35. The standard InChI is InChI=1S/C15H21FN2O2/c16-14-8-13(9-15(10-14)18(19)20)11-17-7-3-6-12-4-1-2-5-12/h8-10,12,17H,1-7,11H2. The third kappa shape index (κ3) is 4.56. The van der Waals surface area contributed by atoms with Crippen LogP contribution in [-0.2, 0) is 6.54 Å². The van der Waals surface area contributed by atoms with Crippen LogP contribution in [0.5, 0.6) is 0 Å². The van der Waals surface area contributed by atoms with Crippen LogP contribution >= 0.6 is 0 Å². The maximum atomic E-state index is 13.2. The number of nitro benzene ring substituents is 1. The maximum absolute atomic E-state index is 13.2. The fourth-order valence-electron chi connectivity index (χ4n) is 2.89. The highest BCUT2D eigenvalue weighted by atomic mass is 19.1. The van der Waals surface area contributed by atoms with Gasteiger partial charge in [-0.25, -0.2) is 4.39 Å². The Hall–Kier alpha value is -1.49. The molecule has 0 spiro atoms. The molecule has 0 aliphatic heterocycles. The first-order chi connectivity index (χ1) is 9.65. The minimum Gasteiger partial charge on any atom is -0.313 e. The SMILES string of the molecule is O=[N+]([O-])c1cc(F)cc(CNCCCC2CCCC2)c1. The highest BCUT2D eigenvalue weighted by Crippen LogP contribution is 2.28. The third-order valence-corrected chi connectivity index (χ3v) is 3.92. The van der Waals surface area contributed by atoms with E-state index in [9.17, 15) is 14.5 Å². The smallest absolute Gasteiger partial charge is 0.272 e. The number of nitrogens with one attached hydrogen (secondary N) is 1. The van der Waals surface area contributed by atoms with Crippen molar-refractivity contribution < 1.29 is 9.31 Å². The molecule has 1 aromatic carbocycles. The number of rotatable bonds is 7. The number of nitro groups is 1. The molecule has 20 heavy (non-hydrogen) atoms. The molecule has 0 heterocycles. The van der Waals surface area contributed by atoms with Crippen molar-refractivity contribution in [3.05, 3.63) is 39.7 Å². The Morgan fingerprint density at radius 2 is 2.05 bits per heavy atom. The van der Waals surface area contributed by atoms with Crippen molar-refractivity contribution in [1.29, 1.82) is 0 Å². The Labute approximate surface area is 118 Å².